The summed E-state index contributed by atoms with van der Waals surface area (Å²) < 4.78 is 5.95. The van der Waals surface area contributed by atoms with E-state index in [0.29, 0.717) is 12.6 Å². The summed E-state index contributed by atoms with van der Waals surface area (Å²) in [5.74, 6) is 0.138. The molecule has 0 aromatic carbocycles. The minimum atomic E-state index is -0.0106. The lowest BCUT2D eigenvalue weighted by Crippen LogP contribution is -2.53. The fraction of sp³-hybridized carbons (Fsp3) is 0.722. The first kappa shape index (κ1) is 16.5. The number of hydroxylamine groups is 2. The van der Waals surface area contributed by atoms with Gasteiger partial charge in [0.25, 0.3) is 5.91 Å². The van der Waals surface area contributed by atoms with Gasteiger partial charge in [-0.1, -0.05) is 0 Å². The van der Waals surface area contributed by atoms with E-state index < -0.39 is 0 Å². The lowest BCUT2D eigenvalue weighted by atomic mass is 9.89. The zero-order chi connectivity index (χ0) is 16.5. The third-order valence-electron chi connectivity index (χ3n) is 5.37. The minimum Gasteiger partial charge on any atom is -0.377 e. The SMILES string of the molecule is Cc1ccc(CN2C[C@@H](C(=O)N3CCCCO3)C[C@H]3OCC[C@H]32)s1. The highest BCUT2D eigenvalue weighted by atomic mass is 32.1. The predicted molar refractivity (Wildman–Crippen MR) is 92.6 cm³/mol. The zero-order valence-electron chi connectivity index (χ0n) is 14.3. The zero-order valence-corrected chi connectivity index (χ0v) is 15.1. The van der Waals surface area contributed by atoms with Crippen LogP contribution in [0.15, 0.2) is 12.1 Å². The highest BCUT2D eigenvalue weighted by molar-refractivity contribution is 7.11. The number of fused-ring (bicyclic) bond motifs is 1. The highest BCUT2D eigenvalue weighted by Crippen LogP contribution is 2.34. The summed E-state index contributed by atoms with van der Waals surface area (Å²) in [7, 11) is 0. The first-order valence-electron chi connectivity index (χ1n) is 9.06. The van der Waals surface area contributed by atoms with Crippen molar-refractivity contribution < 1.29 is 14.4 Å². The molecule has 4 rings (SSSR count). The Balaban J connectivity index is 1.47. The predicted octanol–water partition coefficient (Wildman–Crippen LogP) is 2.59. The van der Waals surface area contributed by atoms with Crippen molar-refractivity contribution in [3.05, 3.63) is 21.9 Å². The van der Waals surface area contributed by atoms with Crippen LogP contribution in [0.4, 0.5) is 0 Å². The second-order valence-electron chi connectivity index (χ2n) is 7.12. The summed E-state index contributed by atoms with van der Waals surface area (Å²) in [5, 5.41) is 1.61. The van der Waals surface area contributed by atoms with Crippen LogP contribution in [-0.2, 0) is 20.9 Å². The van der Waals surface area contributed by atoms with Crippen LogP contribution >= 0.6 is 11.3 Å². The molecule has 0 unspecified atom stereocenters. The number of ether oxygens (including phenoxy) is 1. The molecule has 0 bridgehead atoms. The van der Waals surface area contributed by atoms with Crippen molar-refractivity contribution in [1.29, 1.82) is 0 Å². The Morgan fingerprint density at radius 2 is 2.25 bits per heavy atom. The first-order chi connectivity index (χ1) is 11.7. The molecule has 1 aromatic rings. The summed E-state index contributed by atoms with van der Waals surface area (Å²) >= 11 is 1.85. The molecule has 3 aliphatic heterocycles. The molecule has 0 saturated carbocycles. The van der Waals surface area contributed by atoms with E-state index in [1.165, 1.54) is 9.75 Å². The van der Waals surface area contributed by atoms with Crippen molar-refractivity contribution in [1.82, 2.24) is 9.96 Å². The summed E-state index contributed by atoms with van der Waals surface area (Å²) in [6.07, 6.45) is 4.20. The molecule has 1 amide bonds. The van der Waals surface area contributed by atoms with Crippen LogP contribution in [0, 0.1) is 12.8 Å². The molecule has 0 radical (unpaired) electrons. The second-order valence-corrected chi connectivity index (χ2v) is 8.49. The lowest BCUT2D eigenvalue weighted by Gasteiger charge is -2.41. The van der Waals surface area contributed by atoms with E-state index in [1.807, 2.05) is 11.3 Å². The van der Waals surface area contributed by atoms with Crippen LogP contribution in [-0.4, -0.2) is 54.3 Å². The molecule has 3 atom stereocenters. The van der Waals surface area contributed by atoms with Gasteiger partial charge in [0.2, 0.25) is 0 Å². The molecule has 6 heteroatoms. The number of thiophene rings is 1. The monoisotopic (exact) mass is 350 g/mol. The average Bonchev–Trinajstić information content (AvgIpc) is 3.24. The summed E-state index contributed by atoms with van der Waals surface area (Å²) in [6.45, 7) is 6.10. The van der Waals surface area contributed by atoms with Crippen LogP contribution in [0.3, 0.4) is 0 Å². The third kappa shape index (κ3) is 3.38. The molecular weight excluding hydrogens is 324 g/mol. The van der Waals surface area contributed by atoms with Gasteiger partial charge in [0.15, 0.2) is 0 Å². The van der Waals surface area contributed by atoms with Crippen molar-refractivity contribution in [3.63, 3.8) is 0 Å². The maximum atomic E-state index is 12.9. The van der Waals surface area contributed by atoms with E-state index >= 15 is 0 Å². The van der Waals surface area contributed by atoms with Gasteiger partial charge in [0, 0.05) is 42.0 Å². The summed E-state index contributed by atoms with van der Waals surface area (Å²) in [4.78, 5) is 23.6. The normalized spacial score (nSPS) is 31.2. The molecule has 0 spiro atoms. The Morgan fingerprint density at radius 1 is 1.33 bits per heavy atom. The Kier molecular flexibility index (Phi) is 4.90. The molecule has 5 nitrogen and oxygen atoms in total. The fourth-order valence-electron chi connectivity index (χ4n) is 4.16. The topological polar surface area (TPSA) is 42.0 Å². The van der Waals surface area contributed by atoms with Gasteiger partial charge in [-0.25, -0.2) is 5.06 Å². The van der Waals surface area contributed by atoms with E-state index in [9.17, 15) is 4.79 Å². The average molecular weight is 350 g/mol. The highest BCUT2D eigenvalue weighted by Gasteiger charge is 2.43. The number of nitrogens with zero attached hydrogens (tertiary/aromatic N) is 2. The van der Waals surface area contributed by atoms with Gasteiger partial charge in [-0.3, -0.25) is 14.5 Å². The number of piperidine rings is 1. The fourth-order valence-corrected chi connectivity index (χ4v) is 5.07. The van der Waals surface area contributed by atoms with E-state index in [1.54, 1.807) is 5.06 Å². The molecule has 3 fully saturated rings. The molecule has 132 valence electrons. The second kappa shape index (κ2) is 7.12. The van der Waals surface area contributed by atoms with Gasteiger partial charge in [-0.05, 0) is 44.7 Å². The maximum Gasteiger partial charge on any atom is 0.250 e. The number of aryl methyl sites for hydroxylation is 1. The Bertz CT molecular complexity index is 585. The molecule has 0 N–H and O–H groups in total. The number of amides is 1. The summed E-state index contributed by atoms with van der Waals surface area (Å²) in [5.41, 5.74) is 0. The van der Waals surface area contributed by atoms with Gasteiger partial charge in [-0.2, -0.15) is 0 Å². The molecule has 24 heavy (non-hydrogen) atoms. The molecule has 3 aliphatic rings. The van der Waals surface area contributed by atoms with Gasteiger partial charge in [-0.15, -0.1) is 11.3 Å². The maximum absolute atomic E-state index is 12.9. The Hall–Kier alpha value is -0.950. The Morgan fingerprint density at radius 3 is 3.00 bits per heavy atom. The molecule has 3 saturated heterocycles. The van der Waals surface area contributed by atoms with Crippen molar-refractivity contribution >= 4 is 17.2 Å². The van der Waals surface area contributed by atoms with Gasteiger partial charge < -0.3 is 4.74 Å². The molecular formula is C18H26N2O3S. The lowest BCUT2D eigenvalue weighted by molar-refractivity contribution is -0.204. The van der Waals surface area contributed by atoms with E-state index in [4.69, 9.17) is 9.57 Å². The largest absolute Gasteiger partial charge is 0.377 e. The number of rotatable bonds is 3. The minimum absolute atomic E-state index is 0.0106. The van der Waals surface area contributed by atoms with Crippen LogP contribution in [0.1, 0.15) is 35.4 Å². The van der Waals surface area contributed by atoms with E-state index in [-0.39, 0.29) is 17.9 Å². The van der Waals surface area contributed by atoms with Crippen LogP contribution in [0.5, 0.6) is 0 Å². The van der Waals surface area contributed by atoms with Crippen LogP contribution in [0.25, 0.3) is 0 Å². The first-order valence-corrected chi connectivity index (χ1v) is 9.87. The standard InChI is InChI=1S/C18H26N2O3S/c1-13-4-5-15(24-13)12-19-11-14(10-17-16(19)6-9-22-17)18(21)20-7-2-3-8-23-20/h4-5,14,16-17H,2-3,6-12H2,1H3/t14-,16+,17+/m0/s1. The smallest absolute Gasteiger partial charge is 0.250 e. The number of carbonyl (C=O) groups is 1. The number of likely N-dealkylation sites (tertiary alicyclic amines) is 1. The number of hydrogen-bond acceptors (Lipinski definition) is 5. The number of carbonyl (C=O) groups excluding carboxylic acids is 1. The molecule has 0 aliphatic carbocycles. The van der Waals surface area contributed by atoms with Crippen LogP contribution < -0.4 is 0 Å². The third-order valence-corrected chi connectivity index (χ3v) is 6.35. The molecule has 4 heterocycles. The van der Waals surface area contributed by atoms with Crippen molar-refractivity contribution in [2.75, 3.05) is 26.3 Å². The van der Waals surface area contributed by atoms with E-state index in [0.717, 1.165) is 51.9 Å². The van der Waals surface area contributed by atoms with Crippen LogP contribution in [0.2, 0.25) is 0 Å². The quantitative estimate of drug-likeness (QED) is 0.840. The van der Waals surface area contributed by atoms with E-state index in [2.05, 4.69) is 24.0 Å². The van der Waals surface area contributed by atoms with Crippen molar-refractivity contribution in [2.45, 2.75) is 51.3 Å². The van der Waals surface area contributed by atoms with Crippen molar-refractivity contribution in [3.8, 4) is 0 Å². The Labute approximate surface area is 147 Å². The van der Waals surface area contributed by atoms with Gasteiger partial charge in [0.1, 0.15) is 0 Å². The van der Waals surface area contributed by atoms with Gasteiger partial charge >= 0.3 is 0 Å². The molecule has 1 aromatic heterocycles. The van der Waals surface area contributed by atoms with Crippen molar-refractivity contribution in [2.24, 2.45) is 5.92 Å². The van der Waals surface area contributed by atoms with Gasteiger partial charge in [0.05, 0.1) is 18.6 Å². The summed E-state index contributed by atoms with van der Waals surface area (Å²) in [6, 6.07) is 4.85. The number of hydrogen-bond donors (Lipinski definition) is 0.